The van der Waals surface area contributed by atoms with Gasteiger partial charge >= 0.3 is 0 Å². The molecule has 0 bridgehead atoms. The highest BCUT2D eigenvalue weighted by atomic mass is 32.2. The lowest BCUT2D eigenvalue weighted by atomic mass is 10.1. The van der Waals surface area contributed by atoms with Crippen LogP contribution in [0.4, 0.5) is 0 Å². The summed E-state index contributed by atoms with van der Waals surface area (Å²) in [6, 6.07) is 12.1. The molecule has 150 valence electrons. The normalized spacial score (nSPS) is 14.8. The SMILES string of the molecule is Cc1ccc(C(=O)NCCOc2ccc(S(=O)(=O)N3CCCC3)cc2)c(C)c1. The van der Waals surface area contributed by atoms with Gasteiger partial charge in [0.05, 0.1) is 11.4 Å². The fourth-order valence-corrected chi connectivity index (χ4v) is 4.80. The van der Waals surface area contributed by atoms with E-state index in [1.807, 2.05) is 32.0 Å². The van der Waals surface area contributed by atoms with E-state index in [4.69, 9.17) is 4.74 Å². The van der Waals surface area contributed by atoms with Crippen LogP contribution in [-0.2, 0) is 10.0 Å². The molecular weight excluding hydrogens is 376 g/mol. The zero-order valence-electron chi connectivity index (χ0n) is 16.3. The second-order valence-electron chi connectivity index (χ2n) is 7.01. The first-order valence-electron chi connectivity index (χ1n) is 9.46. The van der Waals surface area contributed by atoms with Gasteiger partial charge in [0.2, 0.25) is 10.0 Å². The summed E-state index contributed by atoms with van der Waals surface area (Å²) in [5.41, 5.74) is 2.71. The third-order valence-electron chi connectivity index (χ3n) is 4.81. The summed E-state index contributed by atoms with van der Waals surface area (Å²) in [7, 11) is -3.41. The third-order valence-corrected chi connectivity index (χ3v) is 6.72. The van der Waals surface area contributed by atoms with Crippen molar-refractivity contribution in [3.8, 4) is 5.75 Å². The first-order valence-corrected chi connectivity index (χ1v) is 10.9. The Kier molecular flexibility index (Phi) is 6.36. The summed E-state index contributed by atoms with van der Waals surface area (Å²) in [5, 5.41) is 2.84. The molecule has 0 aromatic heterocycles. The van der Waals surface area contributed by atoms with Crippen LogP contribution >= 0.6 is 0 Å². The van der Waals surface area contributed by atoms with Gasteiger partial charge in [-0.1, -0.05) is 17.7 Å². The van der Waals surface area contributed by atoms with Crippen molar-refractivity contribution in [1.82, 2.24) is 9.62 Å². The largest absolute Gasteiger partial charge is 0.492 e. The van der Waals surface area contributed by atoms with Crippen molar-refractivity contribution in [2.45, 2.75) is 31.6 Å². The molecule has 3 rings (SSSR count). The monoisotopic (exact) mass is 402 g/mol. The van der Waals surface area contributed by atoms with E-state index in [1.165, 1.54) is 4.31 Å². The Balaban J connectivity index is 1.49. The van der Waals surface area contributed by atoms with E-state index >= 15 is 0 Å². The molecule has 0 unspecified atom stereocenters. The van der Waals surface area contributed by atoms with E-state index in [2.05, 4.69) is 5.32 Å². The van der Waals surface area contributed by atoms with Crippen molar-refractivity contribution in [2.24, 2.45) is 0 Å². The number of sulfonamides is 1. The number of hydrogen-bond acceptors (Lipinski definition) is 4. The van der Waals surface area contributed by atoms with Crippen LogP contribution < -0.4 is 10.1 Å². The maximum Gasteiger partial charge on any atom is 0.251 e. The van der Waals surface area contributed by atoms with Crippen molar-refractivity contribution in [2.75, 3.05) is 26.2 Å². The second-order valence-corrected chi connectivity index (χ2v) is 8.94. The number of carbonyl (C=O) groups excluding carboxylic acids is 1. The molecule has 1 saturated heterocycles. The van der Waals surface area contributed by atoms with Crippen LogP contribution in [0.1, 0.15) is 34.3 Å². The van der Waals surface area contributed by atoms with Gasteiger partial charge in [0.1, 0.15) is 12.4 Å². The van der Waals surface area contributed by atoms with Gasteiger partial charge in [-0.05, 0) is 62.6 Å². The molecular formula is C21H26N2O4S. The van der Waals surface area contributed by atoms with E-state index in [0.29, 0.717) is 37.6 Å². The first-order chi connectivity index (χ1) is 13.4. The number of benzene rings is 2. The Morgan fingerprint density at radius 3 is 2.39 bits per heavy atom. The van der Waals surface area contributed by atoms with Gasteiger partial charge in [-0.25, -0.2) is 8.42 Å². The lowest BCUT2D eigenvalue weighted by molar-refractivity contribution is 0.0946. The molecule has 1 aliphatic rings. The van der Waals surface area contributed by atoms with Gasteiger partial charge in [0, 0.05) is 18.7 Å². The molecule has 1 heterocycles. The summed E-state index contributed by atoms with van der Waals surface area (Å²) in [6.45, 7) is 5.73. The molecule has 0 spiro atoms. The van der Waals surface area contributed by atoms with Gasteiger partial charge < -0.3 is 10.1 Å². The summed E-state index contributed by atoms with van der Waals surface area (Å²) >= 11 is 0. The summed E-state index contributed by atoms with van der Waals surface area (Å²) in [6.07, 6.45) is 1.82. The average Bonchev–Trinajstić information content (AvgIpc) is 3.21. The molecule has 1 N–H and O–H groups in total. The Morgan fingerprint density at radius 2 is 1.75 bits per heavy atom. The minimum atomic E-state index is -3.41. The first kappa shape index (κ1) is 20.4. The van der Waals surface area contributed by atoms with E-state index in [0.717, 1.165) is 24.0 Å². The molecule has 2 aromatic carbocycles. The number of nitrogens with zero attached hydrogens (tertiary/aromatic N) is 1. The van der Waals surface area contributed by atoms with Crippen LogP contribution in [0.25, 0.3) is 0 Å². The molecule has 0 radical (unpaired) electrons. The molecule has 1 amide bonds. The Bertz CT molecular complexity index is 933. The van der Waals surface area contributed by atoms with Crippen LogP contribution in [-0.4, -0.2) is 44.9 Å². The third kappa shape index (κ3) is 4.72. The minimum absolute atomic E-state index is 0.131. The molecule has 0 aliphatic carbocycles. The molecule has 1 fully saturated rings. The maximum absolute atomic E-state index is 12.5. The van der Waals surface area contributed by atoms with Gasteiger partial charge in [-0.2, -0.15) is 4.31 Å². The molecule has 0 atom stereocenters. The quantitative estimate of drug-likeness (QED) is 0.723. The number of amides is 1. The fourth-order valence-electron chi connectivity index (χ4n) is 3.28. The number of rotatable bonds is 7. The topological polar surface area (TPSA) is 75.7 Å². The van der Waals surface area contributed by atoms with Crippen molar-refractivity contribution in [3.05, 3.63) is 59.2 Å². The molecule has 0 saturated carbocycles. The number of ether oxygens (including phenoxy) is 1. The molecule has 6 nitrogen and oxygen atoms in total. The van der Waals surface area contributed by atoms with Crippen LogP contribution in [0.5, 0.6) is 5.75 Å². The van der Waals surface area contributed by atoms with Gasteiger partial charge in [0.15, 0.2) is 0 Å². The number of hydrogen-bond donors (Lipinski definition) is 1. The molecule has 7 heteroatoms. The lowest BCUT2D eigenvalue weighted by Gasteiger charge is -2.15. The molecule has 28 heavy (non-hydrogen) atoms. The van der Waals surface area contributed by atoms with E-state index < -0.39 is 10.0 Å². The fraction of sp³-hybridized carbons (Fsp3) is 0.381. The van der Waals surface area contributed by atoms with Crippen molar-refractivity contribution < 1.29 is 17.9 Å². The second kappa shape index (κ2) is 8.75. The van der Waals surface area contributed by atoms with Crippen LogP contribution in [0.15, 0.2) is 47.4 Å². The Morgan fingerprint density at radius 1 is 1.07 bits per heavy atom. The van der Waals surface area contributed by atoms with E-state index in [9.17, 15) is 13.2 Å². The Hall–Kier alpha value is -2.38. The summed E-state index contributed by atoms with van der Waals surface area (Å²) < 4.78 is 32.1. The van der Waals surface area contributed by atoms with Crippen molar-refractivity contribution in [1.29, 1.82) is 0 Å². The highest BCUT2D eigenvalue weighted by Gasteiger charge is 2.26. The standard InChI is InChI=1S/C21H26N2O4S/c1-16-5-10-20(17(2)15-16)21(24)22-11-14-27-18-6-8-19(9-7-18)28(25,26)23-12-3-4-13-23/h5-10,15H,3-4,11-14H2,1-2H3,(H,22,24). The lowest BCUT2D eigenvalue weighted by Crippen LogP contribution is -2.28. The predicted molar refractivity (Wildman–Crippen MR) is 108 cm³/mol. The van der Waals surface area contributed by atoms with Gasteiger partial charge in [-0.3, -0.25) is 4.79 Å². The van der Waals surface area contributed by atoms with Gasteiger partial charge in [-0.15, -0.1) is 0 Å². The number of carbonyl (C=O) groups is 1. The zero-order valence-corrected chi connectivity index (χ0v) is 17.1. The summed E-state index contributed by atoms with van der Waals surface area (Å²) in [5.74, 6) is 0.439. The predicted octanol–water partition coefficient (Wildman–Crippen LogP) is 2.90. The van der Waals surface area contributed by atoms with Gasteiger partial charge in [0.25, 0.3) is 5.91 Å². The highest BCUT2D eigenvalue weighted by Crippen LogP contribution is 2.22. The van der Waals surface area contributed by atoms with Crippen LogP contribution in [0.3, 0.4) is 0 Å². The van der Waals surface area contributed by atoms with Crippen LogP contribution in [0.2, 0.25) is 0 Å². The highest BCUT2D eigenvalue weighted by molar-refractivity contribution is 7.89. The van der Waals surface area contributed by atoms with E-state index in [-0.39, 0.29) is 10.8 Å². The zero-order chi connectivity index (χ0) is 20.1. The minimum Gasteiger partial charge on any atom is -0.492 e. The van der Waals surface area contributed by atoms with Crippen molar-refractivity contribution in [3.63, 3.8) is 0 Å². The van der Waals surface area contributed by atoms with Crippen LogP contribution in [0, 0.1) is 13.8 Å². The molecule has 1 aliphatic heterocycles. The smallest absolute Gasteiger partial charge is 0.251 e. The average molecular weight is 403 g/mol. The molecule has 2 aromatic rings. The number of nitrogens with one attached hydrogen (secondary N) is 1. The van der Waals surface area contributed by atoms with Crippen molar-refractivity contribution >= 4 is 15.9 Å². The maximum atomic E-state index is 12.5. The summed E-state index contributed by atoms with van der Waals surface area (Å²) in [4.78, 5) is 12.5. The number of aryl methyl sites for hydroxylation is 2. The Labute approximate surface area is 166 Å². The van der Waals surface area contributed by atoms with E-state index in [1.54, 1.807) is 24.3 Å².